The van der Waals surface area contributed by atoms with Gasteiger partial charge in [0.1, 0.15) is 11.9 Å². The number of nitrogens with zero attached hydrogens (tertiary/aromatic N) is 6. The van der Waals surface area contributed by atoms with Crippen LogP contribution in [0.4, 0.5) is 5.82 Å². The molecule has 5 rings (SSSR count). The predicted molar refractivity (Wildman–Crippen MR) is 121 cm³/mol. The molecule has 2 aromatic heterocycles. The van der Waals surface area contributed by atoms with Crippen LogP contribution in [0.25, 0.3) is 5.69 Å². The van der Waals surface area contributed by atoms with E-state index in [1.54, 1.807) is 23.0 Å². The molecule has 0 spiro atoms. The van der Waals surface area contributed by atoms with Crippen LogP contribution in [0.1, 0.15) is 45.7 Å². The average molecular weight is 444 g/mol. The summed E-state index contributed by atoms with van der Waals surface area (Å²) in [5.41, 5.74) is 4.84. The van der Waals surface area contributed by atoms with Gasteiger partial charge in [0.25, 0.3) is 5.91 Å². The smallest absolute Gasteiger partial charge is 0.273 e. The van der Waals surface area contributed by atoms with Crippen molar-refractivity contribution in [3.8, 4) is 11.8 Å². The maximum Gasteiger partial charge on any atom is 0.273 e. The van der Waals surface area contributed by atoms with Gasteiger partial charge in [0, 0.05) is 32.4 Å². The molecule has 1 N–H and O–H groups in total. The van der Waals surface area contributed by atoms with E-state index in [9.17, 15) is 10.1 Å². The molecule has 0 saturated carbocycles. The van der Waals surface area contributed by atoms with E-state index in [4.69, 9.17) is 4.74 Å². The number of amides is 1. The molecule has 9 nitrogen and oxygen atoms in total. The Bertz CT molecular complexity index is 1220. The maximum absolute atomic E-state index is 12.7. The zero-order valence-electron chi connectivity index (χ0n) is 18.5. The number of fused-ring (bicyclic) bond motifs is 1. The van der Waals surface area contributed by atoms with Gasteiger partial charge in [0.05, 0.1) is 23.0 Å². The third-order valence-electron chi connectivity index (χ3n) is 6.30. The largest absolute Gasteiger partial charge is 0.376 e. The number of aromatic nitrogens is 4. The molecule has 0 aliphatic carbocycles. The lowest BCUT2D eigenvalue weighted by atomic mass is 9.97. The Morgan fingerprint density at radius 3 is 3.06 bits per heavy atom. The van der Waals surface area contributed by atoms with Gasteiger partial charge in [-0.3, -0.25) is 4.79 Å². The molecule has 168 valence electrons. The van der Waals surface area contributed by atoms with Crippen molar-refractivity contribution in [1.29, 1.82) is 5.26 Å². The van der Waals surface area contributed by atoms with Gasteiger partial charge in [0.15, 0.2) is 5.69 Å². The number of benzene rings is 1. The lowest BCUT2D eigenvalue weighted by Crippen LogP contribution is -2.32. The predicted octanol–water partition coefficient (Wildman–Crippen LogP) is 2.31. The summed E-state index contributed by atoms with van der Waals surface area (Å²) >= 11 is 0. The third-order valence-corrected chi connectivity index (χ3v) is 6.30. The molecule has 1 atom stereocenters. The van der Waals surface area contributed by atoms with Gasteiger partial charge in [-0.1, -0.05) is 17.3 Å². The van der Waals surface area contributed by atoms with E-state index >= 15 is 0 Å². The molecule has 1 aromatic carbocycles. The van der Waals surface area contributed by atoms with Gasteiger partial charge in [-0.2, -0.15) is 5.26 Å². The molecule has 2 aliphatic heterocycles. The first-order chi connectivity index (χ1) is 16.2. The van der Waals surface area contributed by atoms with E-state index in [1.807, 2.05) is 19.1 Å². The van der Waals surface area contributed by atoms with E-state index in [-0.39, 0.29) is 12.0 Å². The van der Waals surface area contributed by atoms with Crippen molar-refractivity contribution < 1.29 is 9.53 Å². The lowest BCUT2D eigenvalue weighted by Gasteiger charge is -2.31. The van der Waals surface area contributed by atoms with E-state index in [2.05, 4.69) is 37.6 Å². The molecule has 0 bridgehead atoms. The second-order valence-corrected chi connectivity index (χ2v) is 8.35. The standard InChI is InChI=1S/C24H25N7O2/c1-16-22(24(32)27-14-19-7-4-12-33-19)28-29-31(16)21-8-2-5-18-15-30(11-9-20(18)21)23-17(13-25)6-3-10-26-23/h2-3,5-6,8,10,19H,4,7,9,11-12,14-15H2,1H3,(H,27,32)/t19-/m1/s1. The summed E-state index contributed by atoms with van der Waals surface area (Å²) in [6.45, 7) is 4.49. The van der Waals surface area contributed by atoms with Crippen molar-refractivity contribution in [3.63, 3.8) is 0 Å². The van der Waals surface area contributed by atoms with Crippen molar-refractivity contribution in [3.05, 3.63) is 64.6 Å². The monoisotopic (exact) mass is 443 g/mol. The number of carbonyl (C=O) groups excluding carboxylic acids is 1. The van der Waals surface area contributed by atoms with Crippen LogP contribution in [-0.4, -0.2) is 51.7 Å². The molecule has 0 unspecified atom stereocenters. The Hall–Kier alpha value is -3.77. The fraction of sp³-hybridized carbons (Fsp3) is 0.375. The van der Waals surface area contributed by atoms with Crippen LogP contribution < -0.4 is 10.2 Å². The van der Waals surface area contributed by atoms with Gasteiger partial charge >= 0.3 is 0 Å². The number of anilines is 1. The highest BCUT2D eigenvalue weighted by Gasteiger charge is 2.25. The van der Waals surface area contributed by atoms with Gasteiger partial charge in [-0.05, 0) is 55.5 Å². The topological polar surface area (TPSA) is 109 Å². The number of hydrogen-bond acceptors (Lipinski definition) is 7. The molecule has 3 aromatic rings. The van der Waals surface area contributed by atoms with Crippen LogP contribution >= 0.6 is 0 Å². The highest BCUT2D eigenvalue weighted by atomic mass is 16.5. The van der Waals surface area contributed by atoms with Crippen LogP contribution in [0, 0.1) is 18.3 Å². The maximum atomic E-state index is 12.7. The Balaban J connectivity index is 1.38. The van der Waals surface area contributed by atoms with Gasteiger partial charge in [-0.25, -0.2) is 9.67 Å². The molecule has 2 aliphatic rings. The van der Waals surface area contributed by atoms with Crippen molar-refractivity contribution in [2.45, 2.75) is 38.8 Å². The minimum Gasteiger partial charge on any atom is -0.376 e. The summed E-state index contributed by atoms with van der Waals surface area (Å²) in [7, 11) is 0. The molecule has 1 saturated heterocycles. The van der Waals surface area contributed by atoms with Crippen LogP contribution in [0.5, 0.6) is 0 Å². The fourth-order valence-electron chi connectivity index (χ4n) is 4.57. The summed E-state index contributed by atoms with van der Waals surface area (Å²) in [6.07, 6.45) is 4.56. The quantitative estimate of drug-likeness (QED) is 0.644. The summed E-state index contributed by atoms with van der Waals surface area (Å²) in [5, 5.41) is 20.8. The number of hydrogen-bond donors (Lipinski definition) is 1. The summed E-state index contributed by atoms with van der Waals surface area (Å²) < 4.78 is 7.33. The first-order valence-corrected chi connectivity index (χ1v) is 11.2. The molecular formula is C24H25N7O2. The Morgan fingerprint density at radius 1 is 1.33 bits per heavy atom. The highest BCUT2D eigenvalue weighted by molar-refractivity contribution is 5.93. The second kappa shape index (κ2) is 9.00. The van der Waals surface area contributed by atoms with Gasteiger partial charge < -0.3 is 15.0 Å². The van der Waals surface area contributed by atoms with Gasteiger partial charge in [-0.15, -0.1) is 5.10 Å². The fourth-order valence-corrected chi connectivity index (χ4v) is 4.57. The Morgan fingerprint density at radius 2 is 2.24 bits per heavy atom. The van der Waals surface area contributed by atoms with Crippen LogP contribution in [0.15, 0.2) is 36.5 Å². The van der Waals surface area contributed by atoms with Crippen molar-refractivity contribution in [2.75, 3.05) is 24.6 Å². The van der Waals surface area contributed by atoms with Crippen LogP contribution in [-0.2, 0) is 17.7 Å². The number of pyridine rings is 1. The SMILES string of the molecule is Cc1c(C(=O)NC[C@H]2CCCO2)nnn1-c1cccc2c1CCN(c1ncccc1C#N)C2. The first kappa shape index (κ1) is 21.1. The van der Waals surface area contributed by atoms with E-state index in [1.165, 1.54) is 5.56 Å². The van der Waals surface area contributed by atoms with E-state index < -0.39 is 0 Å². The first-order valence-electron chi connectivity index (χ1n) is 11.2. The minimum absolute atomic E-state index is 0.0778. The zero-order chi connectivity index (χ0) is 22.8. The van der Waals surface area contributed by atoms with Crippen LogP contribution in [0.3, 0.4) is 0 Å². The molecule has 9 heteroatoms. The number of nitriles is 1. The number of nitrogens with one attached hydrogen (secondary N) is 1. The molecule has 1 fully saturated rings. The zero-order valence-corrected chi connectivity index (χ0v) is 18.5. The molecule has 4 heterocycles. The third kappa shape index (κ3) is 4.05. The lowest BCUT2D eigenvalue weighted by molar-refractivity contribution is 0.0853. The minimum atomic E-state index is -0.232. The molecule has 1 amide bonds. The normalized spacial score (nSPS) is 17.5. The Kier molecular flexibility index (Phi) is 5.75. The van der Waals surface area contributed by atoms with E-state index in [0.717, 1.165) is 43.7 Å². The van der Waals surface area contributed by atoms with E-state index in [0.29, 0.717) is 35.9 Å². The van der Waals surface area contributed by atoms with Crippen molar-refractivity contribution in [1.82, 2.24) is 25.3 Å². The second-order valence-electron chi connectivity index (χ2n) is 8.35. The van der Waals surface area contributed by atoms with Gasteiger partial charge in [0.2, 0.25) is 0 Å². The summed E-state index contributed by atoms with van der Waals surface area (Å²) in [5.74, 6) is 0.475. The Labute approximate surface area is 192 Å². The van der Waals surface area contributed by atoms with Crippen molar-refractivity contribution >= 4 is 11.7 Å². The molecular weight excluding hydrogens is 418 g/mol. The molecule has 33 heavy (non-hydrogen) atoms. The highest BCUT2D eigenvalue weighted by Crippen LogP contribution is 2.29. The number of ether oxygens (including phenoxy) is 1. The van der Waals surface area contributed by atoms with Crippen molar-refractivity contribution in [2.24, 2.45) is 0 Å². The number of carbonyl (C=O) groups is 1. The van der Waals surface area contributed by atoms with Crippen LogP contribution in [0.2, 0.25) is 0 Å². The average Bonchev–Trinajstić information content (AvgIpc) is 3.51. The number of rotatable bonds is 5. The molecule has 0 radical (unpaired) electrons. The summed E-state index contributed by atoms with van der Waals surface area (Å²) in [4.78, 5) is 19.3. The summed E-state index contributed by atoms with van der Waals surface area (Å²) in [6, 6.07) is 11.9.